The zero-order valence-corrected chi connectivity index (χ0v) is 10.6. The second-order valence-corrected chi connectivity index (χ2v) is 4.00. The van der Waals surface area contributed by atoms with E-state index in [9.17, 15) is 8.78 Å². The topological polar surface area (TPSA) is 44.5 Å². The molecule has 0 radical (unpaired) electrons. The van der Waals surface area contributed by atoms with Crippen LogP contribution in [0, 0.1) is 0 Å². The van der Waals surface area contributed by atoms with Gasteiger partial charge >= 0.3 is 0 Å². The van der Waals surface area contributed by atoms with E-state index in [0.717, 1.165) is 5.56 Å². The van der Waals surface area contributed by atoms with Crippen molar-refractivity contribution in [3.8, 4) is 5.75 Å². The van der Waals surface area contributed by atoms with Crippen LogP contribution in [0.3, 0.4) is 0 Å². The summed E-state index contributed by atoms with van der Waals surface area (Å²) in [6, 6.07) is 7.10. The fourth-order valence-corrected chi connectivity index (χ4v) is 1.39. The second kappa shape index (κ2) is 7.94. The van der Waals surface area contributed by atoms with Gasteiger partial charge < -0.3 is 15.2 Å². The Morgan fingerprint density at radius 3 is 2.78 bits per heavy atom. The van der Waals surface area contributed by atoms with Gasteiger partial charge in [-0.05, 0) is 12.1 Å². The lowest BCUT2D eigenvalue weighted by atomic mass is 10.2. The smallest absolute Gasteiger partial charge is 0.261 e. The van der Waals surface area contributed by atoms with Crippen molar-refractivity contribution in [3.63, 3.8) is 0 Å². The molecule has 0 bridgehead atoms. The van der Waals surface area contributed by atoms with Gasteiger partial charge in [0.25, 0.3) is 6.43 Å². The summed E-state index contributed by atoms with van der Waals surface area (Å²) in [5.41, 5.74) is 6.22. The highest BCUT2D eigenvalue weighted by Gasteiger charge is 2.02. The van der Waals surface area contributed by atoms with Crippen molar-refractivity contribution in [1.82, 2.24) is 0 Å². The van der Waals surface area contributed by atoms with E-state index in [4.69, 9.17) is 27.4 Å². The average molecular weight is 275 g/mol. The van der Waals surface area contributed by atoms with Gasteiger partial charge in [0, 0.05) is 12.0 Å². The second-order valence-electron chi connectivity index (χ2n) is 3.56. The molecular weight excluding hydrogens is 260 g/mol. The van der Waals surface area contributed by atoms with Gasteiger partial charge in [-0.2, -0.15) is 0 Å². The van der Waals surface area contributed by atoms with Gasteiger partial charge in [0.2, 0.25) is 0 Å². The first kappa shape index (κ1) is 14.8. The van der Waals surface area contributed by atoms with Crippen molar-refractivity contribution in [3.05, 3.63) is 29.8 Å². The van der Waals surface area contributed by atoms with Crippen molar-refractivity contribution in [2.24, 2.45) is 5.73 Å². The third kappa shape index (κ3) is 5.88. The van der Waals surface area contributed by atoms with Gasteiger partial charge in [-0.1, -0.05) is 24.4 Å². The summed E-state index contributed by atoms with van der Waals surface area (Å²) in [6.07, 6.45) is -1.88. The molecule has 0 saturated heterocycles. The summed E-state index contributed by atoms with van der Waals surface area (Å²) in [4.78, 5) is 0.306. The molecule has 0 aliphatic heterocycles. The van der Waals surface area contributed by atoms with Crippen molar-refractivity contribution < 1.29 is 18.3 Å². The highest BCUT2D eigenvalue weighted by atomic mass is 32.1. The largest absolute Gasteiger partial charge is 0.493 e. The minimum Gasteiger partial charge on any atom is -0.493 e. The SMILES string of the molecule is NC(=S)c1cccc(OCCCOCC(F)F)c1. The summed E-state index contributed by atoms with van der Waals surface area (Å²) < 4.78 is 33.6. The minimum absolute atomic E-state index is 0.249. The number of thiocarbonyl (C=S) groups is 1. The highest BCUT2D eigenvalue weighted by molar-refractivity contribution is 7.80. The van der Waals surface area contributed by atoms with Crippen LogP contribution in [0.1, 0.15) is 12.0 Å². The number of benzene rings is 1. The van der Waals surface area contributed by atoms with Crippen molar-refractivity contribution in [2.45, 2.75) is 12.8 Å². The Bertz CT molecular complexity index is 388. The molecule has 1 rings (SSSR count). The van der Waals surface area contributed by atoms with Crippen molar-refractivity contribution >= 4 is 17.2 Å². The molecule has 0 saturated carbocycles. The predicted molar refractivity (Wildman–Crippen MR) is 69.3 cm³/mol. The number of rotatable bonds is 8. The van der Waals surface area contributed by atoms with Gasteiger partial charge in [-0.25, -0.2) is 8.78 Å². The predicted octanol–water partition coefficient (Wildman–Crippen LogP) is 2.37. The molecule has 1 aromatic rings. The van der Waals surface area contributed by atoms with Crippen LogP contribution >= 0.6 is 12.2 Å². The number of hydrogen-bond donors (Lipinski definition) is 1. The van der Waals surface area contributed by atoms with E-state index in [-0.39, 0.29) is 6.61 Å². The van der Waals surface area contributed by atoms with Gasteiger partial charge in [0.1, 0.15) is 17.3 Å². The molecule has 6 heteroatoms. The third-order valence-electron chi connectivity index (χ3n) is 2.06. The molecule has 0 aliphatic rings. The van der Waals surface area contributed by atoms with Crippen LogP contribution in [-0.2, 0) is 4.74 Å². The van der Waals surface area contributed by atoms with E-state index in [1.54, 1.807) is 24.3 Å². The van der Waals surface area contributed by atoms with E-state index in [1.165, 1.54) is 0 Å². The van der Waals surface area contributed by atoms with Gasteiger partial charge in [-0.3, -0.25) is 0 Å². The van der Waals surface area contributed by atoms with Crippen LogP contribution in [0.25, 0.3) is 0 Å². The molecule has 0 aliphatic carbocycles. The number of halogens is 2. The Labute approximate surface area is 110 Å². The van der Waals surface area contributed by atoms with E-state index < -0.39 is 13.0 Å². The van der Waals surface area contributed by atoms with E-state index in [1.807, 2.05) is 0 Å². The summed E-state index contributed by atoms with van der Waals surface area (Å²) in [7, 11) is 0. The molecule has 2 N–H and O–H groups in total. The zero-order valence-electron chi connectivity index (χ0n) is 9.77. The molecule has 18 heavy (non-hydrogen) atoms. The van der Waals surface area contributed by atoms with Crippen LogP contribution in [-0.4, -0.2) is 31.2 Å². The summed E-state index contributed by atoms with van der Waals surface area (Å²) in [5, 5.41) is 0. The Kier molecular flexibility index (Phi) is 6.53. The van der Waals surface area contributed by atoms with Crippen LogP contribution in [0.4, 0.5) is 8.78 Å². The highest BCUT2D eigenvalue weighted by Crippen LogP contribution is 2.13. The lowest BCUT2D eigenvalue weighted by Gasteiger charge is -2.08. The minimum atomic E-state index is -2.42. The van der Waals surface area contributed by atoms with Gasteiger partial charge in [-0.15, -0.1) is 0 Å². The van der Waals surface area contributed by atoms with Crippen molar-refractivity contribution in [1.29, 1.82) is 0 Å². The quantitative estimate of drug-likeness (QED) is 0.584. The summed E-state index contributed by atoms with van der Waals surface area (Å²) >= 11 is 4.85. The van der Waals surface area contributed by atoms with Crippen LogP contribution in [0.5, 0.6) is 5.75 Å². The Hall–Kier alpha value is -1.27. The molecule has 100 valence electrons. The Morgan fingerprint density at radius 2 is 2.11 bits per heavy atom. The number of nitrogens with two attached hydrogens (primary N) is 1. The molecular formula is C12H15F2NO2S. The first-order valence-corrected chi connectivity index (χ1v) is 5.89. The van der Waals surface area contributed by atoms with Crippen LogP contribution < -0.4 is 10.5 Å². The van der Waals surface area contributed by atoms with Gasteiger partial charge in [0.15, 0.2) is 0 Å². The van der Waals surface area contributed by atoms with E-state index in [2.05, 4.69) is 0 Å². The summed E-state index contributed by atoms with van der Waals surface area (Å²) in [6.45, 7) is 0.111. The lowest BCUT2D eigenvalue weighted by Crippen LogP contribution is -2.10. The lowest BCUT2D eigenvalue weighted by molar-refractivity contribution is 0.0139. The molecule has 1 aromatic carbocycles. The first-order chi connectivity index (χ1) is 8.59. The maximum absolute atomic E-state index is 11.7. The van der Waals surface area contributed by atoms with Gasteiger partial charge in [0.05, 0.1) is 13.2 Å². The zero-order chi connectivity index (χ0) is 13.4. The first-order valence-electron chi connectivity index (χ1n) is 5.48. The maximum atomic E-state index is 11.7. The van der Waals surface area contributed by atoms with Crippen molar-refractivity contribution in [2.75, 3.05) is 19.8 Å². The van der Waals surface area contributed by atoms with E-state index in [0.29, 0.717) is 23.8 Å². The third-order valence-corrected chi connectivity index (χ3v) is 2.30. The molecule has 0 amide bonds. The number of alkyl halides is 2. The van der Waals surface area contributed by atoms with E-state index >= 15 is 0 Å². The molecule has 0 atom stereocenters. The fourth-order valence-electron chi connectivity index (χ4n) is 1.26. The van der Waals surface area contributed by atoms with Crippen LogP contribution in [0.2, 0.25) is 0 Å². The maximum Gasteiger partial charge on any atom is 0.261 e. The molecule has 3 nitrogen and oxygen atoms in total. The summed E-state index contributed by atoms with van der Waals surface area (Å²) in [5.74, 6) is 0.647. The molecule has 0 heterocycles. The molecule has 0 spiro atoms. The normalized spacial score (nSPS) is 10.6. The Balaban J connectivity index is 2.23. The molecule has 0 fully saturated rings. The monoisotopic (exact) mass is 275 g/mol. The van der Waals surface area contributed by atoms with Crippen LogP contribution in [0.15, 0.2) is 24.3 Å². The number of ether oxygens (including phenoxy) is 2. The molecule has 0 aromatic heterocycles. The Morgan fingerprint density at radius 1 is 1.33 bits per heavy atom. The molecule has 0 unspecified atom stereocenters. The fraction of sp³-hybridized carbons (Fsp3) is 0.417. The standard InChI is InChI=1S/C12H15F2NO2S/c13-11(14)8-16-5-2-6-17-10-4-1-3-9(7-10)12(15)18/h1,3-4,7,11H,2,5-6,8H2,(H2,15,18). The number of hydrogen-bond acceptors (Lipinski definition) is 3. The average Bonchev–Trinajstić information content (AvgIpc) is 2.33.